The molecule has 3 aromatic rings. The lowest BCUT2D eigenvalue weighted by Crippen LogP contribution is -2.21. The standard InChI is InChI=1S/C31H40N2O3/c1-6-32(7-2)28-18-14-25(15-19-28)30(26-16-20-29(21-17-26)33(8-3)9-4)24-10-12-27(13-11-24)31(34)36-23-22-35-5/h10-21,30H,6-9,22-23H2,1-5H3. The molecule has 0 aliphatic rings. The van der Waals surface area contributed by atoms with Crippen LogP contribution in [0.4, 0.5) is 11.4 Å². The quantitative estimate of drug-likeness (QED) is 0.159. The number of carbonyl (C=O) groups excluding carboxylic acids is 1. The highest BCUT2D eigenvalue weighted by Crippen LogP contribution is 2.34. The van der Waals surface area contributed by atoms with Crippen molar-refractivity contribution in [2.24, 2.45) is 0 Å². The lowest BCUT2D eigenvalue weighted by molar-refractivity contribution is 0.0388. The Morgan fingerprint density at radius 3 is 1.39 bits per heavy atom. The third-order valence-electron chi connectivity index (χ3n) is 6.71. The third-order valence-corrected chi connectivity index (χ3v) is 6.71. The highest BCUT2D eigenvalue weighted by atomic mass is 16.6. The summed E-state index contributed by atoms with van der Waals surface area (Å²) in [6.07, 6.45) is 0. The molecule has 3 aromatic carbocycles. The Bertz CT molecular complexity index is 999. The second kappa shape index (κ2) is 13.7. The number of ether oxygens (including phenoxy) is 2. The molecule has 0 N–H and O–H groups in total. The molecular weight excluding hydrogens is 448 g/mol. The van der Waals surface area contributed by atoms with E-state index in [2.05, 4.69) is 86.0 Å². The minimum absolute atomic E-state index is 0.0556. The van der Waals surface area contributed by atoms with Crippen molar-refractivity contribution >= 4 is 17.3 Å². The van der Waals surface area contributed by atoms with E-state index in [-0.39, 0.29) is 18.5 Å². The highest BCUT2D eigenvalue weighted by Gasteiger charge is 2.19. The van der Waals surface area contributed by atoms with Crippen LogP contribution in [0.15, 0.2) is 72.8 Å². The van der Waals surface area contributed by atoms with Crippen molar-refractivity contribution in [3.05, 3.63) is 95.1 Å². The van der Waals surface area contributed by atoms with E-state index in [4.69, 9.17) is 9.47 Å². The van der Waals surface area contributed by atoms with Gasteiger partial charge in [0, 0.05) is 50.6 Å². The van der Waals surface area contributed by atoms with Gasteiger partial charge in [0.1, 0.15) is 6.61 Å². The van der Waals surface area contributed by atoms with E-state index in [0.717, 1.165) is 31.7 Å². The molecule has 0 unspecified atom stereocenters. The molecular formula is C31H40N2O3. The second-order valence-electron chi connectivity index (χ2n) is 8.71. The van der Waals surface area contributed by atoms with Gasteiger partial charge in [0.05, 0.1) is 12.2 Å². The van der Waals surface area contributed by atoms with Crippen LogP contribution in [0.5, 0.6) is 0 Å². The van der Waals surface area contributed by atoms with Crippen molar-refractivity contribution < 1.29 is 14.3 Å². The first-order valence-electron chi connectivity index (χ1n) is 13.0. The molecule has 0 heterocycles. The van der Waals surface area contributed by atoms with Crippen molar-refractivity contribution in [3.8, 4) is 0 Å². The molecule has 0 atom stereocenters. The van der Waals surface area contributed by atoms with Crippen LogP contribution in [0, 0.1) is 0 Å². The van der Waals surface area contributed by atoms with Crippen molar-refractivity contribution in [2.75, 3.05) is 56.3 Å². The first kappa shape index (κ1) is 27.3. The number of anilines is 2. The summed E-state index contributed by atoms with van der Waals surface area (Å²) >= 11 is 0. The van der Waals surface area contributed by atoms with Crippen LogP contribution in [-0.2, 0) is 9.47 Å². The number of methoxy groups -OCH3 is 1. The van der Waals surface area contributed by atoms with E-state index in [1.54, 1.807) is 7.11 Å². The number of carbonyl (C=O) groups is 1. The van der Waals surface area contributed by atoms with E-state index in [0.29, 0.717) is 12.2 Å². The molecule has 36 heavy (non-hydrogen) atoms. The highest BCUT2D eigenvalue weighted by molar-refractivity contribution is 5.89. The largest absolute Gasteiger partial charge is 0.460 e. The Hall–Kier alpha value is -3.31. The third kappa shape index (κ3) is 6.67. The van der Waals surface area contributed by atoms with Gasteiger partial charge in [0.25, 0.3) is 0 Å². The second-order valence-corrected chi connectivity index (χ2v) is 8.71. The number of benzene rings is 3. The zero-order valence-corrected chi connectivity index (χ0v) is 22.4. The number of hydrogen-bond donors (Lipinski definition) is 0. The molecule has 3 rings (SSSR count). The molecule has 0 aliphatic carbocycles. The zero-order valence-electron chi connectivity index (χ0n) is 22.4. The fourth-order valence-corrected chi connectivity index (χ4v) is 4.62. The zero-order chi connectivity index (χ0) is 25.9. The van der Waals surface area contributed by atoms with Crippen LogP contribution >= 0.6 is 0 Å². The van der Waals surface area contributed by atoms with Gasteiger partial charge >= 0.3 is 5.97 Å². The van der Waals surface area contributed by atoms with E-state index in [1.165, 1.54) is 22.5 Å². The Labute approximate surface area is 216 Å². The Morgan fingerprint density at radius 1 is 0.639 bits per heavy atom. The smallest absolute Gasteiger partial charge is 0.338 e. The summed E-state index contributed by atoms with van der Waals surface area (Å²) in [6.45, 7) is 13.3. The molecule has 0 radical (unpaired) electrons. The maximum absolute atomic E-state index is 12.4. The van der Waals surface area contributed by atoms with Gasteiger partial charge in [0.15, 0.2) is 0 Å². The van der Waals surface area contributed by atoms with Crippen LogP contribution in [0.25, 0.3) is 0 Å². The van der Waals surface area contributed by atoms with Crippen molar-refractivity contribution in [1.29, 1.82) is 0 Å². The average Bonchev–Trinajstić information content (AvgIpc) is 2.92. The molecule has 0 aromatic heterocycles. The van der Waals surface area contributed by atoms with Crippen LogP contribution in [0.2, 0.25) is 0 Å². The molecule has 0 saturated heterocycles. The summed E-state index contributed by atoms with van der Waals surface area (Å²) in [6, 6.07) is 25.5. The fraction of sp³-hybridized carbons (Fsp3) is 0.387. The fourth-order valence-electron chi connectivity index (χ4n) is 4.62. The molecule has 0 fully saturated rings. The first-order valence-corrected chi connectivity index (χ1v) is 13.0. The predicted octanol–water partition coefficient (Wildman–Crippen LogP) is 6.36. The molecule has 0 spiro atoms. The van der Waals surface area contributed by atoms with Crippen LogP contribution < -0.4 is 9.80 Å². The number of esters is 1. The van der Waals surface area contributed by atoms with Gasteiger partial charge in [-0.25, -0.2) is 4.79 Å². The van der Waals surface area contributed by atoms with Gasteiger partial charge in [-0.15, -0.1) is 0 Å². The monoisotopic (exact) mass is 488 g/mol. The number of rotatable bonds is 13. The number of nitrogens with zero attached hydrogens (tertiary/aromatic N) is 2. The lowest BCUT2D eigenvalue weighted by atomic mass is 9.84. The van der Waals surface area contributed by atoms with E-state index in [1.807, 2.05) is 24.3 Å². The Balaban J connectivity index is 1.95. The van der Waals surface area contributed by atoms with E-state index in [9.17, 15) is 4.79 Å². The molecule has 0 aliphatic heterocycles. The van der Waals surface area contributed by atoms with E-state index >= 15 is 0 Å². The van der Waals surface area contributed by atoms with Crippen molar-refractivity contribution in [2.45, 2.75) is 33.6 Å². The summed E-state index contributed by atoms with van der Waals surface area (Å²) in [7, 11) is 1.59. The SMILES string of the molecule is CCN(CC)c1ccc(C(c2ccc(C(=O)OCCOC)cc2)c2ccc(N(CC)CC)cc2)cc1. The van der Waals surface area contributed by atoms with Gasteiger partial charge in [-0.2, -0.15) is 0 Å². The number of hydrogen-bond acceptors (Lipinski definition) is 5. The summed E-state index contributed by atoms with van der Waals surface area (Å²) < 4.78 is 10.2. The first-order chi connectivity index (χ1) is 17.6. The Morgan fingerprint density at radius 2 is 1.03 bits per heavy atom. The molecule has 0 amide bonds. The van der Waals surface area contributed by atoms with E-state index < -0.39 is 0 Å². The van der Waals surface area contributed by atoms with Crippen LogP contribution in [0.3, 0.4) is 0 Å². The molecule has 5 heteroatoms. The van der Waals surface area contributed by atoms with Gasteiger partial charge in [-0.3, -0.25) is 0 Å². The molecule has 0 saturated carbocycles. The topological polar surface area (TPSA) is 42.0 Å². The molecule has 0 bridgehead atoms. The van der Waals surface area contributed by atoms with Gasteiger partial charge in [-0.1, -0.05) is 36.4 Å². The minimum atomic E-state index is -0.331. The van der Waals surface area contributed by atoms with Gasteiger partial charge in [-0.05, 0) is 80.8 Å². The minimum Gasteiger partial charge on any atom is -0.460 e. The van der Waals surface area contributed by atoms with Crippen LogP contribution in [0.1, 0.15) is 60.7 Å². The van der Waals surface area contributed by atoms with Crippen molar-refractivity contribution in [1.82, 2.24) is 0 Å². The van der Waals surface area contributed by atoms with Gasteiger partial charge < -0.3 is 19.3 Å². The van der Waals surface area contributed by atoms with Crippen molar-refractivity contribution in [3.63, 3.8) is 0 Å². The lowest BCUT2D eigenvalue weighted by Gasteiger charge is -2.25. The Kier molecular flexibility index (Phi) is 10.4. The maximum atomic E-state index is 12.4. The molecule has 5 nitrogen and oxygen atoms in total. The predicted molar refractivity (Wildman–Crippen MR) is 150 cm³/mol. The molecule has 192 valence electrons. The normalized spacial score (nSPS) is 10.9. The average molecular weight is 489 g/mol. The summed E-state index contributed by atoms with van der Waals surface area (Å²) in [5.74, 6) is -0.276. The summed E-state index contributed by atoms with van der Waals surface area (Å²) in [5, 5.41) is 0. The summed E-state index contributed by atoms with van der Waals surface area (Å²) in [4.78, 5) is 17.1. The van der Waals surface area contributed by atoms with Gasteiger partial charge in [0.2, 0.25) is 0 Å². The summed E-state index contributed by atoms with van der Waals surface area (Å²) in [5.41, 5.74) is 6.58. The maximum Gasteiger partial charge on any atom is 0.338 e. The van der Waals surface area contributed by atoms with Crippen LogP contribution in [-0.4, -0.2) is 52.5 Å².